The molecule has 0 bridgehead atoms. The number of nitrogens with one attached hydrogen (secondary N) is 1. The molecule has 0 aliphatic heterocycles. The smallest absolute Gasteiger partial charge is 0.296 e. The van der Waals surface area contributed by atoms with Crippen LogP contribution in [0.15, 0.2) is 40.9 Å². The molecule has 0 fully saturated rings. The number of rotatable bonds is 3. The maximum atomic E-state index is 5.57. The van der Waals surface area contributed by atoms with Crippen LogP contribution in [-0.4, -0.2) is 15.0 Å². The molecule has 0 aliphatic carbocycles. The van der Waals surface area contributed by atoms with Crippen molar-refractivity contribution < 1.29 is 4.42 Å². The first kappa shape index (κ1) is 10.5. The van der Waals surface area contributed by atoms with E-state index < -0.39 is 0 Å². The molecule has 0 aliphatic rings. The zero-order chi connectivity index (χ0) is 12.4. The number of nitrogens with two attached hydrogens (primary N) is 1. The third kappa shape index (κ3) is 2.08. The molecule has 6 nitrogen and oxygen atoms in total. The Bertz CT molecular complexity index is 646. The van der Waals surface area contributed by atoms with Gasteiger partial charge < -0.3 is 15.5 Å². The van der Waals surface area contributed by atoms with Crippen LogP contribution < -0.4 is 11.1 Å². The highest BCUT2D eigenvalue weighted by Crippen LogP contribution is 2.18. The van der Waals surface area contributed by atoms with Gasteiger partial charge in [-0.05, 0) is 18.2 Å². The quantitative estimate of drug-likeness (QED) is 0.726. The van der Waals surface area contributed by atoms with Gasteiger partial charge in [0.1, 0.15) is 17.2 Å². The maximum absolute atomic E-state index is 5.57. The molecule has 90 valence electrons. The van der Waals surface area contributed by atoms with Gasteiger partial charge in [0.15, 0.2) is 5.58 Å². The van der Waals surface area contributed by atoms with Gasteiger partial charge in [-0.1, -0.05) is 12.1 Å². The summed E-state index contributed by atoms with van der Waals surface area (Å²) in [6, 6.07) is 9.66. The summed E-state index contributed by atoms with van der Waals surface area (Å²) >= 11 is 0. The average molecular weight is 241 g/mol. The van der Waals surface area contributed by atoms with E-state index in [1.165, 1.54) is 0 Å². The number of hydrogen-bond acceptors (Lipinski definition) is 6. The van der Waals surface area contributed by atoms with Gasteiger partial charge in [0, 0.05) is 6.20 Å². The van der Waals surface area contributed by atoms with Crippen LogP contribution in [0.3, 0.4) is 0 Å². The highest BCUT2D eigenvalue weighted by atomic mass is 16.4. The number of anilines is 2. The summed E-state index contributed by atoms with van der Waals surface area (Å²) in [6.45, 7) is 0.415. The van der Waals surface area contributed by atoms with Crippen molar-refractivity contribution >= 4 is 22.9 Å². The van der Waals surface area contributed by atoms with Gasteiger partial charge in [-0.25, -0.2) is 9.97 Å². The third-order valence-electron chi connectivity index (χ3n) is 2.42. The normalized spacial score (nSPS) is 10.7. The Labute approximate surface area is 103 Å². The number of aromatic nitrogens is 3. The largest absolute Gasteiger partial charge is 0.424 e. The molecule has 2 heterocycles. The molecule has 0 unspecified atom stereocenters. The van der Waals surface area contributed by atoms with E-state index in [4.69, 9.17) is 10.2 Å². The first-order valence-corrected chi connectivity index (χ1v) is 5.48. The van der Waals surface area contributed by atoms with E-state index >= 15 is 0 Å². The summed E-state index contributed by atoms with van der Waals surface area (Å²) < 4.78 is 5.51. The molecule has 1 aromatic carbocycles. The van der Waals surface area contributed by atoms with Gasteiger partial charge in [0.2, 0.25) is 0 Å². The Hall–Kier alpha value is -2.63. The number of fused-ring (bicyclic) bond motifs is 1. The van der Waals surface area contributed by atoms with Crippen LogP contribution in [0, 0.1) is 0 Å². The van der Waals surface area contributed by atoms with Gasteiger partial charge in [0.05, 0.1) is 6.54 Å². The highest BCUT2D eigenvalue weighted by molar-refractivity contribution is 5.74. The van der Waals surface area contributed by atoms with Gasteiger partial charge in [0.25, 0.3) is 6.01 Å². The number of nitrogens with zero attached hydrogens (tertiary/aromatic N) is 3. The minimum absolute atomic E-state index is 0.415. The lowest BCUT2D eigenvalue weighted by Gasteiger charge is -2.00. The highest BCUT2D eigenvalue weighted by Gasteiger charge is 2.05. The molecule has 18 heavy (non-hydrogen) atoms. The Morgan fingerprint density at radius 3 is 2.89 bits per heavy atom. The van der Waals surface area contributed by atoms with Gasteiger partial charge in [-0.15, -0.1) is 0 Å². The topological polar surface area (TPSA) is 89.9 Å². The summed E-state index contributed by atoms with van der Waals surface area (Å²) in [5, 5.41) is 3.02. The van der Waals surface area contributed by atoms with E-state index in [0.29, 0.717) is 24.2 Å². The van der Waals surface area contributed by atoms with Crippen LogP contribution in [0.25, 0.3) is 11.1 Å². The fraction of sp³-hybridized carbons (Fsp3) is 0.0833. The molecular weight excluding hydrogens is 230 g/mol. The predicted molar refractivity (Wildman–Crippen MR) is 67.8 cm³/mol. The number of benzene rings is 1. The minimum Gasteiger partial charge on any atom is -0.424 e. The van der Waals surface area contributed by atoms with Crippen molar-refractivity contribution in [1.82, 2.24) is 15.0 Å². The Kier molecular flexibility index (Phi) is 2.53. The molecule has 0 atom stereocenters. The molecular formula is C12H11N5O. The molecule has 0 radical (unpaired) electrons. The zero-order valence-electron chi connectivity index (χ0n) is 9.50. The first-order chi connectivity index (χ1) is 8.81. The van der Waals surface area contributed by atoms with Crippen molar-refractivity contribution in [2.45, 2.75) is 6.54 Å². The fourth-order valence-electron chi connectivity index (χ4n) is 1.60. The van der Waals surface area contributed by atoms with Crippen LogP contribution in [0.2, 0.25) is 0 Å². The molecule has 2 aromatic heterocycles. The van der Waals surface area contributed by atoms with Crippen LogP contribution in [0.5, 0.6) is 0 Å². The molecule has 0 spiro atoms. The molecule has 0 saturated heterocycles. The fourth-order valence-corrected chi connectivity index (χ4v) is 1.60. The molecule has 0 saturated carbocycles. The van der Waals surface area contributed by atoms with Gasteiger partial charge in [-0.3, -0.25) is 0 Å². The lowest BCUT2D eigenvalue weighted by atomic mass is 10.3. The van der Waals surface area contributed by atoms with Crippen molar-refractivity contribution in [3.63, 3.8) is 0 Å². The van der Waals surface area contributed by atoms with Gasteiger partial charge >= 0.3 is 0 Å². The van der Waals surface area contributed by atoms with Crippen LogP contribution in [0.4, 0.5) is 11.8 Å². The van der Waals surface area contributed by atoms with E-state index in [-0.39, 0.29) is 0 Å². The van der Waals surface area contributed by atoms with Crippen LogP contribution >= 0.6 is 0 Å². The van der Waals surface area contributed by atoms with Crippen molar-refractivity contribution in [2.75, 3.05) is 11.1 Å². The SMILES string of the molecule is Nc1ccnc(CNc2nc3ccccc3o2)n1. The third-order valence-corrected chi connectivity index (χ3v) is 2.42. The molecule has 3 rings (SSSR count). The monoisotopic (exact) mass is 241 g/mol. The lowest BCUT2D eigenvalue weighted by Crippen LogP contribution is -2.05. The Balaban J connectivity index is 1.76. The van der Waals surface area contributed by atoms with Gasteiger partial charge in [-0.2, -0.15) is 4.98 Å². The van der Waals surface area contributed by atoms with E-state index in [1.54, 1.807) is 12.3 Å². The predicted octanol–water partition coefficient (Wildman–Crippen LogP) is 1.81. The standard InChI is InChI=1S/C12H11N5O/c13-10-5-6-14-11(17-10)7-15-12-16-8-3-1-2-4-9(8)18-12/h1-6H,7H2,(H,15,16)(H2,13,14,17). The maximum Gasteiger partial charge on any atom is 0.296 e. The molecule has 0 amide bonds. The number of para-hydroxylation sites is 2. The summed E-state index contributed by atoms with van der Waals surface area (Å²) in [6.07, 6.45) is 1.62. The van der Waals surface area contributed by atoms with Crippen LogP contribution in [-0.2, 0) is 6.54 Å². The molecule has 6 heteroatoms. The molecule has 3 N–H and O–H groups in total. The van der Waals surface area contributed by atoms with E-state index in [0.717, 1.165) is 11.1 Å². The van der Waals surface area contributed by atoms with Crippen molar-refractivity contribution in [3.8, 4) is 0 Å². The Morgan fingerprint density at radius 1 is 1.17 bits per heavy atom. The summed E-state index contributed by atoms with van der Waals surface area (Å²) in [7, 11) is 0. The van der Waals surface area contributed by atoms with E-state index in [1.807, 2.05) is 24.3 Å². The van der Waals surface area contributed by atoms with E-state index in [2.05, 4.69) is 20.3 Å². The second kappa shape index (κ2) is 4.33. The van der Waals surface area contributed by atoms with Crippen molar-refractivity contribution in [2.24, 2.45) is 0 Å². The Morgan fingerprint density at radius 2 is 2.06 bits per heavy atom. The zero-order valence-corrected chi connectivity index (χ0v) is 9.50. The number of hydrogen-bond donors (Lipinski definition) is 2. The minimum atomic E-state index is 0.415. The number of oxazole rings is 1. The lowest BCUT2D eigenvalue weighted by molar-refractivity contribution is 0.612. The summed E-state index contributed by atoms with van der Waals surface area (Å²) in [5.41, 5.74) is 7.13. The summed E-state index contributed by atoms with van der Waals surface area (Å²) in [4.78, 5) is 12.4. The summed E-state index contributed by atoms with van der Waals surface area (Å²) in [5.74, 6) is 1.04. The average Bonchev–Trinajstić information content (AvgIpc) is 2.79. The van der Waals surface area contributed by atoms with Crippen molar-refractivity contribution in [3.05, 3.63) is 42.4 Å². The number of nitrogen functional groups attached to an aromatic ring is 1. The second-order valence-electron chi connectivity index (χ2n) is 3.74. The van der Waals surface area contributed by atoms with E-state index in [9.17, 15) is 0 Å². The first-order valence-electron chi connectivity index (χ1n) is 5.48. The van der Waals surface area contributed by atoms with Crippen LogP contribution in [0.1, 0.15) is 5.82 Å². The van der Waals surface area contributed by atoms with Crippen molar-refractivity contribution in [1.29, 1.82) is 0 Å². The second-order valence-corrected chi connectivity index (χ2v) is 3.74. The molecule has 3 aromatic rings.